The van der Waals surface area contributed by atoms with Crippen LogP contribution in [0.2, 0.25) is 0 Å². The van der Waals surface area contributed by atoms with Gasteiger partial charge in [-0.3, -0.25) is 4.79 Å². The molecule has 0 aliphatic carbocycles. The predicted octanol–water partition coefficient (Wildman–Crippen LogP) is 0.600. The van der Waals surface area contributed by atoms with Gasteiger partial charge in [0, 0.05) is 13.1 Å². The van der Waals surface area contributed by atoms with Gasteiger partial charge in [0.25, 0.3) is 0 Å². The quantitative estimate of drug-likeness (QED) is 0.844. The highest BCUT2D eigenvalue weighted by atomic mass is 16.7. The van der Waals surface area contributed by atoms with Gasteiger partial charge in [-0.2, -0.15) is 0 Å². The van der Waals surface area contributed by atoms with Crippen molar-refractivity contribution in [3.8, 4) is 17.2 Å². The van der Waals surface area contributed by atoms with Gasteiger partial charge in [0.15, 0.2) is 11.5 Å². The molecule has 0 saturated carbocycles. The smallest absolute Gasteiger partial charge is 0.239 e. The maximum atomic E-state index is 11.5. The van der Waals surface area contributed by atoms with Gasteiger partial charge in [-0.15, -0.1) is 0 Å². The largest absolute Gasteiger partial charge is 0.492 e. The summed E-state index contributed by atoms with van der Waals surface area (Å²) in [5.41, 5.74) is 5.52. The Bertz CT molecular complexity index is 462. The van der Waals surface area contributed by atoms with Crippen LogP contribution in [0.4, 0.5) is 0 Å². The molecule has 0 bridgehead atoms. The number of nitrogens with zero attached hydrogens (tertiary/aromatic N) is 1. The van der Waals surface area contributed by atoms with E-state index in [1.165, 1.54) is 0 Å². The number of likely N-dealkylation sites (N-methyl/N-ethyl adjacent to an activating group) is 1. The second-order valence-corrected chi connectivity index (χ2v) is 4.41. The Labute approximate surface area is 112 Å². The number of carbonyl (C=O) groups is 1. The SMILES string of the molecule is CC(N)C(=O)N(C)CCOc1ccc2c(c1)OCO2. The molecular formula is C13H18N2O4. The molecule has 1 aliphatic heterocycles. The van der Waals surface area contributed by atoms with E-state index in [0.717, 1.165) is 5.75 Å². The molecule has 19 heavy (non-hydrogen) atoms. The van der Waals surface area contributed by atoms with Crippen molar-refractivity contribution in [2.24, 2.45) is 5.73 Å². The lowest BCUT2D eigenvalue weighted by Gasteiger charge is -2.19. The Morgan fingerprint density at radius 3 is 2.95 bits per heavy atom. The summed E-state index contributed by atoms with van der Waals surface area (Å²) in [6.07, 6.45) is 0. The van der Waals surface area contributed by atoms with Crippen molar-refractivity contribution < 1.29 is 19.0 Å². The molecule has 104 valence electrons. The zero-order valence-electron chi connectivity index (χ0n) is 11.1. The van der Waals surface area contributed by atoms with Crippen molar-refractivity contribution >= 4 is 5.91 Å². The van der Waals surface area contributed by atoms with Gasteiger partial charge in [-0.25, -0.2) is 0 Å². The summed E-state index contributed by atoms with van der Waals surface area (Å²) in [6, 6.07) is 4.89. The molecular weight excluding hydrogens is 248 g/mol. The van der Waals surface area contributed by atoms with Crippen LogP contribution >= 0.6 is 0 Å². The van der Waals surface area contributed by atoms with Gasteiger partial charge in [0.2, 0.25) is 12.7 Å². The van der Waals surface area contributed by atoms with E-state index in [4.69, 9.17) is 19.9 Å². The van der Waals surface area contributed by atoms with E-state index in [9.17, 15) is 4.79 Å². The highest BCUT2D eigenvalue weighted by Gasteiger charge is 2.15. The highest BCUT2D eigenvalue weighted by Crippen LogP contribution is 2.34. The van der Waals surface area contributed by atoms with Gasteiger partial charge in [-0.1, -0.05) is 0 Å². The minimum Gasteiger partial charge on any atom is -0.492 e. The van der Waals surface area contributed by atoms with Crippen LogP contribution in [0.15, 0.2) is 18.2 Å². The van der Waals surface area contributed by atoms with Gasteiger partial charge >= 0.3 is 0 Å². The molecule has 1 unspecified atom stereocenters. The number of rotatable bonds is 5. The minimum absolute atomic E-state index is 0.103. The van der Waals surface area contributed by atoms with Crippen molar-refractivity contribution in [2.45, 2.75) is 13.0 Å². The first kappa shape index (κ1) is 13.5. The number of fused-ring (bicyclic) bond motifs is 1. The van der Waals surface area contributed by atoms with E-state index in [0.29, 0.717) is 24.7 Å². The Kier molecular flexibility index (Phi) is 4.11. The Hall–Kier alpha value is -1.95. The first-order valence-corrected chi connectivity index (χ1v) is 6.11. The van der Waals surface area contributed by atoms with Crippen LogP contribution in [0.3, 0.4) is 0 Å². The van der Waals surface area contributed by atoms with E-state index >= 15 is 0 Å². The number of nitrogens with two attached hydrogens (primary N) is 1. The van der Waals surface area contributed by atoms with Crippen LogP contribution in [-0.2, 0) is 4.79 Å². The molecule has 0 radical (unpaired) electrons. The summed E-state index contributed by atoms with van der Waals surface area (Å²) in [4.78, 5) is 13.1. The summed E-state index contributed by atoms with van der Waals surface area (Å²) in [5.74, 6) is 1.98. The molecule has 6 heteroatoms. The van der Waals surface area contributed by atoms with Crippen LogP contribution in [0, 0.1) is 0 Å². The topological polar surface area (TPSA) is 74.0 Å². The molecule has 1 aromatic carbocycles. The standard InChI is InChI=1S/C13H18N2O4/c1-9(14)13(16)15(2)5-6-17-10-3-4-11-12(7-10)19-8-18-11/h3-4,7,9H,5-6,8,14H2,1-2H3. The molecule has 1 amide bonds. The van der Waals surface area contributed by atoms with Crippen LogP contribution in [0.25, 0.3) is 0 Å². The fourth-order valence-corrected chi connectivity index (χ4v) is 1.72. The molecule has 2 N–H and O–H groups in total. The lowest BCUT2D eigenvalue weighted by atomic mass is 10.3. The molecule has 0 saturated heterocycles. The zero-order valence-corrected chi connectivity index (χ0v) is 11.1. The summed E-state index contributed by atoms with van der Waals surface area (Å²) >= 11 is 0. The Morgan fingerprint density at radius 2 is 2.21 bits per heavy atom. The van der Waals surface area contributed by atoms with Gasteiger partial charge in [-0.05, 0) is 19.1 Å². The lowest BCUT2D eigenvalue weighted by molar-refractivity contribution is -0.131. The van der Waals surface area contributed by atoms with Crippen molar-refractivity contribution in [1.82, 2.24) is 4.90 Å². The summed E-state index contributed by atoms with van der Waals surface area (Å²) in [5, 5.41) is 0. The third-order valence-corrected chi connectivity index (χ3v) is 2.81. The fraction of sp³-hybridized carbons (Fsp3) is 0.462. The van der Waals surface area contributed by atoms with Crippen molar-refractivity contribution in [3.63, 3.8) is 0 Å². The van der Waals surface area contributed by atoms with Gasteiger partial charge in [0.05, 0.1) is 12.6 Å². The van der Waals surface area contributed by atoms with E-state index in [1.807, 2.05) is 0 Å². The number of carbonyl (C=O) groups excluding carboxylic acids is 1. The highest BCUT2D eigenvalue weighted by molar-refractivity contribution is 5.80. The maximum absolute atomic E-state index is 11.5. The second kappa shape index (κ2) is 5.79. The number of benzene rings is 1. The van der Waals surface area contributed by atoms with Gasteiger partial charge in [0.1, 0.15) is 12.4 Å². The number of amides is 1. The normalized spacial score (nSPS) is 14.1. The Morgan fingerprint density at radius 1 is 1.47 bits per heavy atom. The number of ether oxygens (including phenoxy) is 3. The molecule has 2 rings (SSSR count). The summed E-state index contributed by atoms with van der Waals surface area (Å²) < 4.78 is 16.0. The van der Waals surface area contributed by atoms with Crippen LogP contribution in [-0.4, -0.2) is 43.8 Å². The molecule has 1 aliphatic rings. The molecule has 0 aromatic heterocycles. The van der Waals surface area contributed by atoms with Crippen molar-refractivity contribution in [2.75, 3.05) is 27.0 Å². The van der Waals surface area contributed by atoms with E-state index < -0.39 is 6.04 Å². The van der Waals surface area contributed by atoms with E-state index in [-0.39, 0.29) is 12.7 Å². The zero-order chi connectivity index (χ0) is 13.8. The van der Waals surface area contributed by atoms with Gasteiger partial charge < -0.3 is 24.8 Å². The second-order valence-electron chi connectivity index (χ2n) is 4.41. The molecule has 1 aromatic rings. The summed E-state index contributed by atoms with van der Waals surface area (Å²) in [6.45, 7) is 2.78. The van der Waals surface area contributed by atoms with Crippen LogP contribution in [0.1, 0.15) is 6.92 Å². The van der Waals surface area contributed by atoms with E-state index in [1.54, 1.807) is 37.1 Å². The average molecular weight is 266 g/mol. The van der Waals surface area contributed by atoms with Crippen LogP contribution < -0.4 is 19.9 Å². The molecule has 6 nitrogen and oxygen atoms in total. The summed E-state index contributed by atoms with van der Waals surface area (Å²) in [7, 11) is 1.70. The lowest BCUT2D eigenvalue weighted by Crippen LogP contribution is -2.41. The third-order valence-electron chi connectivity index (χ3n) is 2.81. The molecule has 0 spiro atoms. The molecule has 0 fully saturated rings. The third kappa shape index (κ3) is 3.29. The maximum Gasteiger partial charge on any atom is 0.239 e. The average Bonchev–Trinajstić information content (AvgIpc) is 2.84. The number of hydrogen-bond donors (Lipinski definition) is 1. The monoisotopic (exact) mass is 266 g/mol. The molecule has 1 atom stereocenters. The number of hydrogen-bond acceptors (Lipinski definition) is 5. The Balaban J connectivity index is 1.81. The van der Waals surface area contributed by atoms with Crippen molar-refractivity contribution in [3.05, 3.63) is 18.2 Å². The van der Waals surface area contributed by atoms with Crippen molar-refractivity contribution in [1.29, 1.82) is 0 Å². The predicted molar refractivity (Wildman–Crippen MR) is 69.3 cm³/mol. The van der Waals surface area contributed by atoms with E-state index in [2.05, 4.69) is 0 Å². The molecule has 1 heterocycles. The first-order valence-electron chi connectivity index (χ1n) is 6.11. The fourth-order valence-electron chi connectivity index (χ4n) is 1.72. The van der Waals surface area contributed by atoms with Crippen LogP contribution in [0.5, 0.6) is 17.2 Å². The first-order chi connectivity index (χ1) is 9.08. The minimum atomic E-state index is -0.490.